The van der Waals surface area contributed by atoms with E-state index in [1.54, 1.807) is 0 Å². The molecule has 0 bridgehead atoms. The van der Waals surface area contributed by atoms with E-state index in [9.17, 15) is 9.90 Å². The van der Waals surface area contributed by atoms with Crippen LogP contribution in [0.4, 0.5) is 0 Å². The molecule has 4 saturated carbocycles. The summed E-state index contributed by atoms with van der Waals surface area (Å²) in [5, 5.41) is 10.3. The number of aliphatic hydroxyl groups excluding tert-OH is 1. The van der Waals surface area contributed by atoms with Gasteiger partial charge in [-0.15, -0.1) is 0 Å². The second-order valence-electron chi connectivity index (χ2n) is 11.0. The third-order valence-corrected chi connectivity index (χ3v) is 9.77. The summed E-state index contributed by atoms with van der Waals surface area (Å²) in [5.41, 5.74) is 0.513. The van der Waals surface area contributed by atoms with Crippen molar-refractivity contribution >= 4 is 5.78 Å². The molecule has 3 nitrogen and oxygen atoms in total. The Balaban J connectivity index is 1.59. The van der Waals surface area contributed by atoms with Crippen LogP contribution < -0.4 is 0 Å². The van der Waals surface area contributed by atoms with Crippen LogP contribution in [-0.4, -0.2) is 42.0 Å². The molecule has 0 spiro atoms. The van der Waals surface area contributed by atoms with Crippen LogP contribution in [0.5, 0.6) is 0 Å². The molecule has 3 heteroatoms. The number of rotatable bonds is 2. The Morgan fingerprint density at radius 3 is 2.38 bits per heavy atom. The molecule has 0 heterocycles. The molecule has 0 saturated heterocycles. The first-order valence-electron chi connectivity index (χ1n) is 11.1. The molecular weight excluding hydrogens is 322 g/mol. The highest BCUT2D eigenvalue weighted by Gasteiger charge is 2.63. The average Bonchev–Trinajstić information content (AvgIpc) is 2.84. The van der Waals surface area contributed by atoms with Crippen LogP contribution in [0.15, 0.2) is 0 Å². The molecule has 0 unspecified atom stereocenters. The molecule has 4 aliphatic carbocycles. The summed E-state index contributed by atoms with van der Waals surface area (Å²) in [5.74, 6) is 3.10. The van der Waals surface area contributed by atoms with E-state index in [0.29, 0.717) is 23.0 Å². The monoisotopic (exact) mass is 361 g/mol. The highest BCUT2D eigenvalue weighted by atomic mass is 16.3. The standard InChI is InChI=1S/C23H39NO2/c1-14(25)21-20(26)13-19-17-7-6-15-12-16(24(4)5)8-10-22(15,2)18(17)9-11-23(19,21)3/h14-19,21,25H,6-13H2,1-5H3/t14-,15+,16-,17+,18+,19-,21-,22-,23-/m0/s1. The Hall–Kier alpha value is -0.410. The molecule has 4 aliphatic rings. The average molecular weight is 362 g/mol. The van der Waals surface area contributed by atoms with Crippen molar-refractivity contribution in [2.45, 2.75) is 84.3 Å². The molecule has 9 atom stereocenters. The fourth-order valence-electron chi connectivity index (χ4n) is 8.35. The molecule has 0 aliphatic heterocycles. The van der Waals surface area contributed by atoms with Gasteiger partial charge in [-0.25, -0.2) is 0 Å². The van der Waals surface area contributed by atoms with Crippen LogP contribution in [0.3, 0.4) is 0 Å². The maximum atomic E-state index is 12.8. The number of aliphatic hydroxyl groups is 1. The number of ketones is 1. The van der Waals surface area contributed by atoms with Gasteiger partial charge in [-0.05, 0) is 100 Å². The fourth-order valence-corrected chi connectivity index (χ4v) is 8.35. The number of carbonyl (C=O) groups excluding carboxylic acids is 1. The Kier molecular flexibility index (Phi) is 4.59. The fraction of sp³-hybridized carbons (Fsp3) is 0.957. The van der Waals surface area contributed by atoms with E-state index >= 15 is 0 Å². The van der Waals surface area contributed by atoms with Crippen molar-refractivity contribution < 1.29 is 9.90 Å². The first kappa shape index (κ1) is 18.9. The van der Waals surface area contributed by atoms with Crippen LogP contribution in [0.2, 0.25) is 0 Å². The molecule has 0 aromatic carbocycles. The number of carbonyl (C=O) groups is 1. The zero-order valence-electron chi connectivity index (χ0n) is 17.5. The van der Waals surface area contributed by atoms with Crippen molar-refractivity contribution in [1.29, 1.82) is 0 Å². The molecule has 148 valence electrons. The summed E-state index contributed by atoms with van der Waals surface area (Å²) in [6.45, 7) is 6.75. The van der Waals surface area contributed by atoms with Gasteiger partial charge < -0.3 is 10.0 Å². The second kappa shape index (κ2) is 6.30. The van der Waals surface area contributed by atoms with Crippen molar-refractivity contribution in [1.82, 2.24) is 4.90 Å². The van der Waals surface area contributed by atoms with Gasteiger partial charge in [-0.3, -0.25) is 4.79 Å². The van der Waals surface area contributed by atoms with Gasteiger partial charge in [0.1, 0.15) is 5.78 Å². The normalized spacial score (nSPS) is 52.3. The van der Waals surface area contributed by atoms with Crippen molar-refractivity contribution in [2.24, 2.45) is 40.4 Å². The van der Waals surface area contributed by atoms with Crippen molar-refractivity contribution in [3.8, 4) is 0 Å². The Bertz CT molecular complexity index is 573. The van der Waals surface area contributed by atoms with Gasteiger partial charge in [0.25, 0.3) is 0 Å². The zero-order valence-corrected chi connectivity index (χ0v) is 17.5. The Morgan fingerprint density at radius 2 is 1.73 bits per heavy atom. The first-order chi connectivity index (χ1) is 12.2. The van der Waals surface area contributed by atoms with E-state index in [2.05, 4.69) is 32.8 Å². The lowest BCUT2D eigenvalue weighted by Gasteiger charge is -2.61. The molecule has 26 heavy (non-hydrogen) atoms. The quantitative estimate of drug-likeness (QED) is 0.804. The molecule has 4 fully saturated rings. The third kappa shape index (κ3) is 2.56. The largest absolute Gasteiger partial charge is 0.393 e. The number of fused-ring (bicyclic) bond motifs is 5. The molecule has 0 aromatic heterocycles. The van der Waals surface area contributed by atoms with E-state index < -0.39 is 6.10 Å². The van der Waals surface area contributed by atoms with Crippen LogP contribution in [0.25, 0.3) is 0 Å². The van der Waals surface area contributed by atoms with Gasteiger partial charge in [-0.1, -0.05) is 13.8 Å². The highest BCUT2D eigenvalue weighted by molar-refractivity contribution is 5.85. The van der Waals surface area contributed by atoms with Gasteiger partial charge in [0.2, 0.25) is 0 Å². The summed E-state index contributed by atoms with van der Waals surface area (Å²) >= 11 is 0. The highest BCUT2D eigenvalue weighted by Crippen LogP contribution is 2.67. The zero-order chi connectivity index (χ0) is 18.9. The van der Waals surface area contributed by atoms with E-state index in [-0.39, 0.29) is 11.3 Å². The smallest absolute Gasteiger partial charge is 0.139 e. The van der Waals surface area contributed by atoms with Gasteiger partial charge in [0.05, 0.1) is 6.10 Å². The lowest BCUT2D eigenvalue weighted by Crippen LogP contribution is -2.55. The van der Waals surface area contributed by atoms with E-state index in [1.807, 2.05) is 6.92 Å². The second-order valence-corrected chi connectivity index (χ2v) is 11.0. The summed E-state index contributed by atoms with van der Waals surface area (Å²) in [6, 6.07) is 0.756. The topological polar surface area (TPSA) is 40.5 Å². The first-order valence-corrected chi connectivity index (χ1v) is 11.1. The Morgan fingerprint density at radius 1 is 1.04 bits per heavy atom. The minimum atomic E-state index is -0.489. The van der Waals surface area contributed by atoms with E-state index in [4.69, 9.17) is 0 Å². The maximum Gasteiger partial charge on any atom is 0.139 e. The number of Topliss-reactive ketones (excluding diaryl/α,β-unsaturated/α-hetero) is 1. The minimum absolute atomic E-state index is 0.0381. The summed E-state index contributed by atoms with van der Waals surface area (Å²) in [4.78, 5) is 15.2. The van der Waals surface area contributed by atoms with Crippen LogP contribution in [-0.2, 0) is 4.79 Å². The van der Waals surface area contributed by atoms with Gasteiger partial charge >= 0.3 is 0 Å². The minimum Gasteiger partial charge on any atom is -0.393 e. The molecular formula is C23H39NO2. The van der Waals surface area contributed by atoms with Crippen LogP contribution in [0, 0.1) is 40.4 Å². The predicted octanol–water partition coefficient (Wildman–Crippen LogP) is 4.14. The lowest BCUT2D eigenvalue weighted by atomic mass is 9.44. The number of hydrogen-bond acceptors (Lipinski definition) is 3. The summed E-state index contributed by atoms with van der Waals surface area (Å²) < 4.78 is 0. The van der Waals surface area contributed by atoms with E-state index in [1.165, 1.54) is 38.5 Å². The molecule has 0 radical (unpaired) electrons. The van der Waals surface area contributed by atoms with Gasteiger partial charge in [0.15, 0.2) is 0 Å². The SMILES string of the molecule is C[C@H](O)[C@H]1C(=O)C[C@H]2[C@@H]3CC[C@@H]4C[C@@H](N(C)C)CC[C@]4(C)[C@@H]3CC[C@]12C. The lowest BCUT2D eigenvalue weighted by molar-refractivity contribution is -0.132. The molecule has 0 aromatic rings. The predicted molar refractivity (Wildman–Crippen MR) is 105 cm³/mol. The molecule has 0 amide bonds. The number of nitrogens with zero attached hydrogens (tertiary/aromatic N) is 1. The van der Waals surface area contributed by atoms with Crippen molar-refractivity contribution in [2.75, 3.05) is 14.1 Å². The van der Waals surface area contributed by atoms with Gasteiger partial charge in [-0.2, -0.15) is 0 Å². The van der Waals surface area contributed by atoms with Crippen LogP contribution in [0.1, 0.15) is 72.1 Å². The number of hydrogen-bond donors (Lipinski definition) is 1. The van der Waals surface area contributed by atoms with Crippen molar-refractivity contribution in [3.63, 3.8) is 0 Å². The molecule has 4 rings (SSSR count). The third-order valence-electron chi connectivity index (χ3n) is 9.77. The Labute approximate surface area is 159 Å². The van der Waals surface area contributed by atoms with Crippen LogP contribution >= 0.6 is 0 Å². The van der Waals surface area contributed by atoms with Gasteiger partial charge in [0, 0.05) is 18.4 Å². The van der Waals surface area contributed by atoms with E-state index in [0.717, 1.165) is 30.7 Å². The summed E-state index contributed by atoms with van der Waals surface area (Å²) in [7, 11) is 4.48. The van der Waals surface area contributed by atoms with Crippen molar-refractivity contribution in [3.05, 3.63) is 0 Å². The maximum absolute atomic E-state index is 12.8. The summed E-state index contributed by atoms with van der Waals surface area (Å²) in [6.07, 6.45) is 9.37. The molecule has 1 N–H and O–H groups in total.